The summed E-state index contributed by atoms with van der Waals surface area (Å²) < 4.78 is 7.59. The summed E-state index contributed by atoms with van der Waals surface area (Å²) in [5.41, 5.74) is 8.28. The number of hydrogen-bond donors (Lipinski definition) is 2. The van der Waals surface area contributed by atoms with E-state index in [1.807, 2.05) is 15.4 Å². The highest BCUT2D eigenvalue weighted by atomic mass is 16.5. The van der Waals surface area contributed by atoms with Gasteiger partial charge in [-0.3, -0.25) is 14.0 Å². The summed E-state index contributed by atoms with van der Waals surface area (Å²) in [7, 11) is 0. The highest BCUT2D eigenvalue weighted by Gasteiger charge is 2.43. The molecule has 0 spiro atoms. The first-order valence-electron chi connectivity index (χ1n) is 12.7. The Morgan fingerprint density at radius 3 is 2.75 bits per heavy atom. The molecule has 3 aliphatic rings. The lowest BCUT2D eigenvalue weighted by Gasteiger charge is -2.30. The van der Waals surface area contributed by atoms with Crippen LogP contribution in [0, 0.1) is 6.92 Å². The molecule has 2 aromatic carbocycles. The molecule has 0 bridgehead atoms. The Morgan fingerprint density at radius 2 is 1.89 bits per heavy atom. The van der Waals surface area contributed by atoms with Crippen molar-refractivity contribution >= 4 is 33.4 Å². The van der Waals surface area contributed by atoms with Gasteiger partial charge in [0.05, 0.1) is 23.3 Å². The lowest BCUT2D eigenvalue weighted by Crippen LogP contribution is -2.34. The molecule has 5 aromatic rings. The van der Waals surface area contributed by atoms with Gasteiger partial charge in [-0.1, -0.05) is 11.6 Å². The van der Waals surface area contributed by atoms with E-state index in [0.29, 0.717) is 36.4 Å². The SMILES string of the molecule is Cc1ccc2[nH]c3c(c2c1)C1c2cc4c(cc2C(=O)N1CC3)[nH]c(=O)c1cnc(C2CCOCC2)n14. The third-order valence-corrected chi connectivity index (χ3v) is 8.31. The van der Waals surface area contributed by atoms with Gasteiger partial charge in [-0.25, -0.2) is 4.98 Å². The molecule has 1 unspecified atom stereocenters. The van der Waals surface area contributed by atoms with E-state index in [0.717, 1.165) is 41.7 Å². The second-order valence-corrected chi connectivity index (χ2v) is 10.4. The van der Waals surface area contributed by atoms with E-state index in [9.17, 15) is 9.59 Å². The maximum absolute atomic E-state index is 13.6. The number of carbonyl (C=O) groups excluding carboxylic acids is 1. The summed E-state index contributed by atoms with van der Waals surface area (Å²) in [5, 5.41) is 1.18. The van der Waals surface area contributed by atoms with Crippen molar-refractivity contribution in [3.63, 3.8) is 0 Å². The maximum atomic E-state index is 13.6. The van der Waals surface area contributed by atoms with Gasteiger partial charge in [0.15, 0.2) is 0 Å². The van der Waals surface area contributed by atoms with E-state index >= 15 is 0 Å². The number of ether oxygens (including phenoxy) is 1. The molecule has 1 amide bonds. The number of amides is 1. The van der Waals surface area contributed by atoms with Gasteiger partial charge in [-0.15, -0.1) is 0 Å². The topological polar surface area (TPSA) is 95.5 Å². The zero-order chi connectivity index (χ0) is 24.1. The van der Waals surface area contributed by atoms with Crippen molar-refractivity contribution in [1.82, 2.24) is 24.3 Å². The van der Waals surface area contributed by atoms with Crippen LogP contribution in [0.4, 0.5) is 0 Å². The number of rotatable bonds is 1. The van der Waals surface area contributed by atoms with Crippen LogP contribution < -0.4 is 5.56 Å². The monoisotopic (exact) mass is 479 g/mol. The Kier molecular flexibility index (Phi) is 3.99. The van der Waals surface area contributed by atoms with E-state index in [4.69, 9.17) is 9.72 Å². The summed E-state index contributed by atoms with van der Waals surface area (Å²) in [6.07, 6.45) is 4.24. The van der Waals surface area contributed by atoms with Crippen molar-refractivity contribution in [2.24, 2.45) is 0 Å². The molecule has 8 heteroatoms. The number of aromatic nitrogens is 4. The lowest BCUT2D eigenvalue weighted by molar-refractivity contribution is 0.0740. The number of fused-ring (bicyclic) bond motifs is 10. The first-order chi connectivity index (χ1) is 17.6. The minimum absolute atomic E-state index is 0.0285. The Balaban J connectivity index is 1.41. The molecule has 0 saturated carbocycles. The number of nitrogens with one attached hydrogen (secondary N) is 2. The summed E-state index contributed by atoms with van der Waals surface area (Å²) in [4.78, 5) is 39.9. The minimum Gasteiger partial charge on any atom is -0.381 e. The van der Waals surface area contributed by atoms with E-state index in [1.165, 1.54) is 22.2 Å². The largest absolute Gasteiger partial charge is 0.381 e. The standard InChI is InChI=1S/C28H25N5O3/c1-14-2-3-19-18(10-14)24-20(30-19)4-7-32-25(24)16-12-22-21(11-17(16)28(32)35)31-27(34)23-13-29-26(33(22)23)15-5-8-36-9-6-15/h2-3,10-13,15,25,30H,4-9H2,1H3,(H,31,34). The van der Waals surface area contributed by atoms with Crippen molar-refractivity contribution in [2.75, 3.05) is 19.8 Å². The molecule has 36 heavy (non-hydrogen) atoms. The van der Waals surface area contributed by atoms with Crippen LogP contribution in [-0.2, 0) is 11.2 Å². The van der Waals surface area contributed by atoms with Crippen LogP contribution >= 0.6 is 0 Å². The molecular weight excluding hydrogens is 454 g/mol. The Bertz CT molecular complexity index is 1800. The summed E-state index contributed by atoms with van der Waals surface area (Å²) >= 11 is 0. The van der Waals surface area contributed by atoms with Crippen molar-refractivity contribution in [2.45, 2.75) is 38.1 Å². The van der Waals surface area contributed by atoms with E-state index in [1.54, 1.807) is 6.20 Å². The van der Waals surface area contributed by atoms with Crippen molar-refractivity contribution in [1.29, 1.82) is 0 Å². The van der Waals surface area contributed by atoms with Crippen LogP contribution in [0.25, 0.3) is 27.5 Å². The molecular formula is C28H25N5O3. The van der Waals surface area contributed by atoms with E-state index in [2.05, 4.69) is 41.2 Å². The number of imidazole rings is 1. The number of H-pyrrole nitrogens is 2. The van der Waals surface area contributed by atoms with Gasteiger partial charge >= 0.3 is 0 Å². The number of benzene rings is 2. The van der Waals surface area contributed by atoms with Gasteiger partial charge in [0.1, 0.15) is 11.3 Å². The molecule has 6 heterocycles. The average molecular weight is 480 g/mol. The van der Waals surface area contributed by atoms with Crippen LogP contribution in [0.2, 0.25) is 0 Å². The first kappa shape index (κ1) is 20.3. The minimum atomic E-state index is -0.189. The van der Waals surface area contributed by atoms with E-state index < -0.39 is 0 Å². The van der Waals surface area contributed by atoms with Crippen LogP contribution in [0.15, 0.2) is 41.3 Å². The van der Waals surface area contributed by atoms with E-state index in [-0.39, 0.29) is 23.4 Å². The second-order valence-electron chi connectivity index (χ2n) is 10.4. The molecule has 0 radical (unpaired) electrons. The van der Waals surface area contributed by atoms with Crippen LogP contribution in [0.3, 0.4) is 0 Å². The molecule has 3 aliphatic heterocycles. The van der Waals surface area contributed by atoms with Gasteiger partial charge in [-0.05, 0) is 49.6 Å². The van der Waals surface area contributed by atoms with Crippen LogP contribution in [0.5, 0.6) is 0 Å². The third-order valence-electron chi connectivity index (χ3n) is 8.31. The second kappa shape index (κ2) is 7.07. The molecule has 0 aliphatic carbocycles. The molecule has 2 N–H and O–H groups in total. The van der Waals surface area contributed by atoms with Gasteiger partial charge in [0, 0.05) is 59.8 Å². The number of carbonyl (C=O) groups is 1. The summed E-state index contributed by atoms with van der Waals surface area (Å²) in [6.45, 7) is 4.16. The summed E-state index contributed by atoms with van der Waals surface area (Å²) in [6, 6.07) is 10.3. The fraction of sp³-hybridized carbons (Fsp3) is 0.321. The predicted molar refractivity (Wildman–Crippen MR) is 136 cm³/mol. The van der Waals surface area contributed by atoms with Gasteiger partial charge in [0.25, 0.3) is 11.5 Å². The molecule has 180 valence electrons. The van der Waals surface area contributed by atoms with Crippen molar-refractivity contribution in [3.05, 3.63) is 80.7 Å². The molecule has 1 fully saturated rings. The lowest BCUT2D eigenvalue weighted by atomic mass is 9.91. The van der Waals surface area contributed by atoms with Crippen LogP contribution in [0.1, 0.15) is 63.4 Å². The Hall–Kier alpha value is -3.91. The normalized spacial score (nSPS) is 19.9. The molecule has 1 saturated heterocycles. The maximum Gasteiger partial charge on any atom is 0.274 e. The Morgan fingerprint density at radius 1 is 1.03 bits per heavy atom. The highest BCUT2D eigenvalue weighted by molar-refractivity contribution is 6.04. The third kappa shape index (κ3) is 2.59. The molecule has 8 rings (SSSR count). The fourth-order valence-electron chi connectivity index (χ4n) is 6.62. The zero-order valence-corrected chi connectivity index (χ0v) is 19.9. The zero-order valence-electron chi connectivity index (χ0n) is 19.9. The van der Waals surface area contributed by atoms with Crippen molar-refractivity contribution in [3.8, 4) is 0 Å². The van der Waals surface area contributed by atoms with Gasteiger partial charge in [-0.2, -0.15) is 0 Å². The number of nitrogens with zero attached hydrogens (tertiary/aromatic N) is 3. The fourth-order valence-corrected chi connectivity index (χ4v) is 6.62. The molecule has 3 aromatic heterocycles. The first-order valence-corrected chi connectivity index (χ1v) is 12.7. The quantitative estimate of drug-likeness (QED) is 0.380. The predicted octanol–water partition coefficient (Wildman–Crippen LogP) is 3.96. The van der Waals surface area contributed by atoms with Crippen molar-refractivity contribution < 1.29 is 9.53 Å². The number of hydrogen-bond acceptors (Lipinski definition) is 4. The molecule has 8 nitrogen and oxygen atoms in total. The smallest absolute Gasteiger partial charge is 0.274 e. The number of aromatic amines is 2. The Labute approximate surface area is 205 Å². The number of aryl methyl sites for hydroxylation is 1. The van der Waals surface area contributed by atoms with Gasteiger partial charge < -0.3 is 19.6 Å². The van der Waals surface area contributed by atoms with Gasteiger partial charge in [0.2, 0.25) is 0 Å². The van der Waals surface area contributed by atoms with Crippen LogP contribution in [-0.4, -0.2) is 49.9 Å². The molecule has 1 atom stereocenters. The summed E-state index contributed by atoms with van der Waals surface area (Å²) in [5.74, 6) is 1.16. The average Bonchev–Trinajstić information content (AvgIpc) is 3.57. The highest BCUT2D eigenvalue weighted by Crippen LogP contribution is 2.46.